The highest BCUT2D eigenvalue weighted by atomic mass is 16.6. The third-order valence-corrected chi connectivity index (χ3v) is 2.61. The van der Waals surface area contributed by atoms with Crippen LogP contribution in [0.15, 0.2) is 28.6 Å². The molecule has 0 aromatic carbocycles. The Hall–Kier alpha value is -2.02. The summed E-state index contributed by atoms with van der Waals surface area (Å²) in [7, 11) is 5.63. The number of furan rings is 1. The first-order valence-corrected chi connectivity index (χ1v) is 6.50. The summed E-state index contributed by atoms with van der Waals surface area (Å²) in [6, 6.07) is 3.96. The maximum absolute atomic E-state index is 10.3. The lowest BCUT2D eigenvalue weighted by molar-refractivity contribution is -0.404. The second-order valence-electron chi connectivity index (χ2n) is 4.71. The lowest BCUT2D eigenvalue weighted by Crippen LogP contribution is -2.25. The molecule has 2 N–H and O–H groups in total. The van der Waals surface area contributed by atoms with E-state index < -0.39 is 4.92 Å². The van der Waals surface area contributed by atoms with Gasteiger partial charge in [-0.15, -0.1) is 0 Å². The van der Waals surface area contributed by atoms with Crippen molar-refractivity contribution in [3.63, 3.8) is 0 Å². The molecule has 0 unspecified atom stereocenters. The Balaban J connectivity index is 2.30. The molecule has 1 rings (SSSR count). The molecule has 20 heavy (non-hydrogen) atoms. The van der Waals surface area contributed by atoms with Crippen molar-refractivity contribution in [2.24, 2.45) is 0 Å². The monoisotopic (exact) mass is 282 g/mol. The molecule has 0 fully saturated rings. The summed E-state index contributed by atoms with van der Waals surface area (Å²) in [6.45, 7) is 1.43. The molecule has 0 atom stereocenters. The van der Waals surface area contributed by atoms with E-state index in [4.69, 9.17) is 4.42 Å². The van der Waals surface area contributed by atoms with Crippen LogP contribution in [0.4, 0.5) is 0 Å². The topological polar surface area (TPSA) is 83.6 Å². The first kappa shape index (κ1) is 16.0. The Kier molecular flexibility index (Phi) is 6.58. The summed E-state index contributed by atoms with van der Waals surface area (Å²) < 4.78 is 5.68. The van der Waals surface area contributed by atoms with E-state index in [9.17, 15) is 10.1 Å². The van der Waals surface area contributed by atoms with Crippen molar-refractivity contribution in [1.82, 2.24) is 15.5 Å². The first-order chi connectivity index (χ1) is 9.51. The van der Waals surface area contributed by atoms with Gasteiger partial charge in [0, 0.05) is 20.0 Å². The maximum Gasteiger partial charge on any atom is 0.274 e. The Bertz CT molecular complexity index is 454. The predicted octanol–water partition coefficient (Wildman–Crippen LogP) is 1.16. The fourth-order valence-corrected chi connectivity index (χ4v) is 1.74. The van der Waals surface area contributed by atoms with Crippen LogP contribution in [-0.4, -0.2) is 37.5 Å². The van der Waals surface area contributed by atoms with E-state index in [2.05, 4.69) is 10.6 Å². The van der Waals surface area contributed by atoms with E-state index >= 15 is 0 Å². The minimum Gasteiger partial charge on any atom is -0.465 e. The number of hydrogen-bond acceptors (Lipinski definition) is 6. The molecule has 112 valence electrons. The van der Waals surface area contributed by atoms with Gasteiger partial charge in [0.15, 0.2) is 5.82 Å². The second-order valence-corrected chi connectivity index (χ2v) is 4.71. The fraction of sp³-hybridized carbons (Fsp3) is 0.538. The van der Waals surface area contributed by atoms with Crippen LogP contribution in [0.2, 0.25) is 0 Å². The van der Waals surface area contributed by atoms with E-state index in [1.165, 1.54) is 0 Å². The number of nitro groups is 1. The number of nitrogens with zero attached hydrogens (tertiary/aromatic N) is 2. The summed E-state index contributed by atoms with van der Waals surface area (Å²) in [5.74, 6) is 2.29. The molecule has 0 saturated heterocycles. The zero-order chi connectivity index (χ0) is 15.0. The summed E-state index contributed by atoms with van der Waals surface area (Å²) in [4.78, 5) is 11.9. The quantitative estimate of drug-likeness (QED) is 0.402. The van der Waals surface area contributed by atoms with Crippen molar-refractivity contribution >= 4 is 0 Å². The average molecular weight is 282 g/mol. The molecule has 7 heteroatoms. The Morgan fingerprint density at radius 2 is 2.15 bits per heavy atom. The lowest BCUT2D eigenvalue weighted by atomic mass is 10.2. The number of hydrogen-bond donors (Lipinski definition) is 2. The van der Waals surface area contributed by atoms with Gasteiger partial charge in [0.1, 0.15) is 11.5 Å². The molecule has 0 aliphatic carbocycles. The highest BCUT2D eigenvalue weighted by Crippen LogP contribution is 2.11. The van der Waals surface area contributed by atoms with Crippen molar-refractivity contribution in [2.75, 3.05) is 27.7 Å². The smallest absolute Gasteiger partial charge is 0.274 e. The van der Waals surface area contributed by atoms with Gasteiger partial charge in [-0.3, -0.25) is 10.1 Å². The zero-order valence-electron chi connectivity index (χ0n) is 12.2. The maximum atomic E-state index is 10.3. The van der Waals surface area contributed by atoms with Crippen LogP contribution in [0.1, 0.15) is 17.9 Å². The third kappa shape index (κ3) is 6.24. The molecule has 0 amide bonds. The summed E-state index contributed by atoms with van der Waals surface area (Å²) in [6.07, 6.45) is 2.56. The van der Waals surface area contributed by atoms with Crippen LogP contribution in [-0.2, 0) is 13.0 Å². The normalized spacial score (nSPS) is 11.7. The Labute approximate surface area is 118 Å². The van der Waals surface area contributed by atoms with E-state index in [-0.39, 0.29) is 0 Å². The zero-order valence-corrected chi connectivity index (χ0v) is 12.2. The van der Waals surface area contributed by atoms with E-state index in [0.717, 1.165) is 37.1 Å². The van der Waals surface area contributed by atoms with Gasteiger partial charge in [-0.05, 0) is 32.6 Å². The highest BCUT2D eigenvalue weighted by molar-refractivity contribution is 5.07. The van der Waals surface area contributed by atoms with Crippen LogP contribution >= 0.6 is 0 Å². The van der Waals surface area contributed by atoms with Crippen molar-refractivity contribution < 1.29 is 9.34 Å². The second kappa shape index (κ2) is 8.21. The minimum atomic E-state index is -0.487. The first-order valence-electron chi connectivity index (χ1n) is 6.50. The van der Waals surface area contributed by atoms with Gasteiger partial charge in [0.2, 0.25) is 0 Å². The standard InChI is InChI=1S/C13H22N4O3/c1-14-13(10-17(18)19)15-8-4-5-11-6-7-12(20-11)9-16(2)3/h6-7,10,14-15H,4-5,8-9H2,1-3H3. The lowest BCUT2D eigenvalue weighted by Gasteiger charge is -2.07. The van der Waals surface area contributed by atoms with Gasteiger partial charge in [-0.1, -0.05) is 0 Å². The molecule has 0 saturated carbocycles. The minimum absolute atomic E-state index is 0.405. The number of nitrogens with one attached hydrogen (secondary N) is 2. The third-order valence-electron chi connectivity index (χ3n) is 2.61. The summed E-state index contributed by atoms with van der Waals surface area (Å²) in [5, 5.41) is 16.0. The van der Waals surface area contributed by atoms with Crippen LogP contribution in [0.3, 0.4) is 0 Å². The Morgan fingerprint density at radius 3 is 2.75 bits per heavy atom. The van der Waals surface area contributed by atoms with Gasteiger partial charge in [-0.2, -0.15) is 0 Å². The van der Waals surface area contributed by atoms with Gasteiger partial charge in [0.25, 0.3) is 6.20 Å². The number of rotatable bonds is 9. The van der Waals surface area contributed by atoms with Crippen molar-refractivity contribution in [3.8, 4) is 0 Å². The van der Waals surface area contributed by atoms with Gasteiger partial charge >= 0.3 is 0 Å². The van der Waals surface area contributed by atoms with Crippen molar-refractivity contribution in [2.45, 2.75) is 19.4 Å². The summed E-state index contributed by atoms with van der Waals surface area (Å²) in [5.41, 5.74) is 0. The molecule has 0 aliphatic rings. The van der Waals surface area contributed by atoms with E-state index in [0.29, 0.717) is 12.4 Å². The highest BCUT2D eigenvalue weighted by Gasteiger charge is 2.04. The van der Waals surface area contributed by atoms with E-state index in [1.54, 1.807) is 7.05 Å². The predicted molar refractivity (Wildman–Crippen MR) is 76.6 cm³/mol. The molecule has 0 spiro atoms. The van der Waals surface area contributed by atoms with Crippen molar-refractivity contribution in [3.05, 3.63) is 45.8 Å². The molecule has 0 bridgehead atoms. The molecular formula is C13H22N4O3. The van der Waals surface area contributed by atoms with Gasteiger partial charge < -0.3 is 20.0 Å². The van der Waals surface area contributed by atoms with Crippen LogP contribution in [0.25, 0.3) is 0 Å². The van der Waals surface area contributed by atoms with Crippen molar-refractivity contribution in [1.29, 1.82) is 0 Å². The SMILES string of the molecule is CNC(=C[N+](=O)[O-])NCCCc1ccc(CN(C)C)o1. The Morgan fingerprint density at radius 1 is 1.45 bits per heavy atom. The average Bonchev–Trinajstić information content (AvgIpc) is 2.79. The number of aryl methyl sites for hydroxylation is 1. The molecule has 1 heterocycles. The fourth-order valence-electron chi connectivity index (χ4n) is 1.74. The van der Waals surface area contributed by atoms with Gasteiger partial charge in [-0.25, -0.2) is 0 Å². The van der Waals surface area contributed by atoms with Crippen LogP contribution in [0.5, 0.6) is 0 Å². The summed E-state index contributed by atoms with van der Waals surface area (Å²) >= 11 is 0. The molecule has 1 aromatic rings. The molecule has 0 aliphatic heterocycles. The molecule has 7 nitrogen and oxygen atoms in total. The van der Waals surface area contributed by atoms with Gasteiger partial charge in [0.05, 0.1) is 11.5 Å². The molecular weight excluding hydrogens is 260 g/mol. The molecule has 1 aromatic heterocycles. The van der Waals surface area contributed by atoms with Crippen LogP contribution in [0, 0.1) is 10.1 Å². The molecule has 0 radical (unpaired) electrons. The largest absolute Gasteiger partial charge is 0.465 e. The van der Waals surface area contributed by atoms with Crippen LogP contribution < -0.4 is 10.6 Å². The van der Waals surface area contributed by atoms with E-state index in [1.807, 2.05) is 31.1 Å².